The topological polar surface area (TPSA) is 18.5 Å². The summed E-state index contributed by atoms with van der Waals surface area (Å²) in [4.78, 5) is 0. The van der Waals surface area contributed by atoms with Crippen molar-refractivity contribution in [2.45, 2.75) is 6.92 Å². The molecule has 2 rings (SSSR count). The fraction of sp³-hybridized carbons (Fsp3) is 0.286. The maximum Gasteiger partial charge on any atom is 0.204 e. The molecule has 120 valence electrons. The van der Waals surface area contributed by atoms with E-state index in [-0.39, 0.29) is 13.2 Å². The van der Waals surface area contributed by atoms with Gasteiger partial charge in [0.05, 0.1) is 12.0 Å². The van der Waals surface area contributed by atoms with Crippen LogP contribution in [0.2, 0.25) is 0 Å². The van der Waals surface area contributed by atoms with Gasteiger partial charge in [-0.15, -0.1) is 0 Å². The van der Waals surface area contributed by atoms with Gasteiger partial charge in [-0.05, 0) is 12.5 Å². The molecule has 0 saturated carbocycles. The minimum Gasteiger partial charge on any atom is -0.487 e. The molecule has 2 aromatic rings. The molecular formula is C14H10F6O2. The number of halogens is 6. The molecule has 0 unspecified atom stereocenters. The van der Waals surface area contributed by atoms with Crippen LogP contribution in [0.1, 0.15) is 5.56 Å². The Hall–Kier alpha value is -1.96. The third-order valence-corrected chi connectivity index (χ3v) is 3.12. The lowest BCUT2D eigenvalue weighted by molar-refractivity contribution is 0.144. The van der Waals surface area contributed by atoms with Crippen LogP contribution in [0.4, 0.5) is 26.3 Å². The Morgan fingerprint density at radius 2 is 1.23 bits per heavy atom. The van der Waals surface area contributed by atoms with Gasteiger partial charge in [-0.25, -0.2) is 22.0 Å². The Morgan fingerprint density at radius 3 is 1.82 bits per heavy atom. The minimum absolute atomic E-state index is 0.0653. The second-order valence-corrected chi connectivity index (χ2v) is 4.43. The summed E-state index contributed by atoms with van der Waals surface area (Å²) in [6.07, 6.45) is 0. The van der Waals surface area contributed by atoms with Crippen molar-refractivity contribution in [2.24, 2.45) is 0 Å². The van der Waals surface area contributed by atoms with E-state index in [1.807, 2.05) is 0 Å². The molecule has 0 bridgehead atoms. The van der Waals surface area contributed by atoms with Gasteiger partial charge in [0.25, 0.3) is 0 Å². The van der Waals surface area contributed by atoms with Crippen LogP contribution >= 0.6 is 0 Å². The first-order valence-corrected chi connectivity index (χ1v) is 6.07. The van der Waals surface area contributed by atoms with Crippen LogP contribution in [0.15, 0.2) is 0 Å². The maximum absolute atomic E-state index is 13.9. The standard InChI is InChI=1S/C14H10F6O2/c1-5-6-7(10(17)11(18)8(5)15)14(22-4-3-21-2)13(20)12(19)9(6)16/h3-4H2,1-2H3. The van der Waals surface area contributed by atoms with Crippen LogP contribution in [-0.4, -0.2) is 20.3 Å². The van der Waals surface area contributed by atoms with Crippen LogP contribution in [0.25, 0.3) is 10.8 Å². The molecule has 0 heterocycles. The monoisotopic (exact) mass is 324 g/mol. The summed E-state index contributed by atoms with van der Waals surface area (Å²) in [5.74, 6) is -12.1. The second kappa shape index (κ2) is 6.04. The quantitative estimate of drug-likeness (QED) is 0.481. The van der Waals surface area contributed by atoms with Crippen molar-refractivity contribution in [3.8, 4) is 5.75 Å². The van der Waals surface area contributed by atoms with Gasteiger partial charge in [-0.1, -0.05) is 0 Å². The predicted molar refractivity (Wildman–Crippen MR) is 65.8 cm³/mol. The molecule has 0 amide bonds. The number of rotatable bonds is 4. The predicted octanol–water partition coefficient (Wildman–Crippen LogP) is 4.01. The molecule has 0 radical (unpaired) electrons. The molecule has 0 fully saturated rings. The molecule has 2 nitrogen and oxygen atoms in total. The summed E-state index contributed by atoms with van der Waals surface area (Å²) in [7, 11) is 1.29. The molecule has 0 aliphatic carbocycles. The Kier molecular flexibility index (Phi) is 4.50. The van der Waals surface area contributed by atoms with Crippen molar-refractivity contribution in [3.05, 3.63) is 40.5 Å². The van der Waals surface area contributed by atoms with Crippen LogP contribution in [0, 0.1) is 41.8 Å². The third-order valence-electron chi connectivity index (χ3n) is 3.12. The lowest BCUT2D eigenvalue weighted by atomic mass is 10.0. The second-order valence-electron chi connectivity index (χ2n) is 4.43. The molecule has 0 aliphatic heterocycles. The van der Waals surface area contributed by atoms with E-state index in [9.17, 15) is 26.3 Å². The number of hydrogen-bond donors (Lipinski definition) is 0. The molecule has 0 atom stereocenters. The van der Waals surface area contributed by atoms with E-state index in [1.165, 1.54) is 7.11 Å². The SMILES string of the molecule is COCCOc1c(F)c(F)c(F)c2c(C)c(F)c(F)c(F)c12. The molecule has 22 heavy (non-hydrogen) atoms. The van der Waals surface area contributed by atoms with Gasteiger partial charge < -0.3 is 9.47 Å². The van der Waals surface area contributed by atoms with Gasteiger partial charge in [0.1, 0.15) is 6.61 Å². The molecule has 0 saturated heterocycles. The van der Waals surface area contributed by atoms with E-state index in [4.69, 9.17) is 4.74 Å². The smallest absolute Gasteiger partial charge is 0.204 e. The molecule has 0 N–H and O–H groups in total. The Morgan fingerprint density at radius 1 is 0.682 bits per heavy atom. The van der Waals surface area contributed by atoms with E-state index < -0.39 is 57.0 Å². The highest BCUT2D eigenvalue weighted by Gasteiger charge is 2.29. The molecular weight excluding hydrogens is 314 g/mol. The number of methoxy groups -OCH3 is 1. The lowest BCUT2D eigenvalue weighted by Crippen LogP contribution is -2.10. The van der Waals surface area contributed by atoms with E-state index >= 15 is 0 Å². The highest BCUT2D eigenvalue weighted by molar-refractivity contribution is 5.92. The summed E-state index contributed by atoms with van der Waals surface area (Å²) in [6.45, 7) is 0.523. The zero-order chi connectivity index (χ0) is 16.6. The first-order valence-electron chi connectivity index (χ1n) is 6.07. The van der Waals surface area contributed by atoms with Crippen molar-refractivity contribution in [1.29, 1.82) is 0 Å². The number of aryl methyl sites for hydroxylation is 1. The van der Waals surface area contributed by atoms with Crippen molar-refractivity contribution in [2.75, 3.05) is 20.3 Å². The van der Waals surface area contributed by atoms with Crippen LogP contribution in [0.3, 0.4) is 0 Å². The van der Waals surface area contributed by atoms with E-state index in [1.54, 1.807) is 0 Å². The largest absolute Gasteiger partial charge is 0.487 e. The number of fused-ring (bicyclic) bond motifs is 1. The highest BCUT2D eigenvalue weighted by atomic mass is 19.2. The van der Waals surface area contributed by atoms with E-state index in [0.717, 1.165) is 6.92 Å². The summed E-state index contributed by atoms with van der Waals surface area (Å²) in [5, 5.41) is -1.91. The molecule has 0 aliphatic rings. The summed E-state index contributed by atoms with van der Waals surface area (Å²) in [5.41, 5.74) is -0.693. The Labute approximate surface area is 121 Å². The lowest BCUT2D eigenvalue weighted by Gasteiger charge is -2.15. The van der Waals surface area contributed by atoms with Crippen molar-refractivity contribution < 1.29 is 35.8 Å². The molecule has 0 spiro atoms. The third kappa shape index (κ3) is 2.37. The fourth-order valence-electron chi connectivity index (χ4n) is 2.04. The van der Waals surface area contributed by atoms with Crippen LogP contribution in [0.5, 0.6) is 5.75 Å². The summed E-state index contributed by atoms with van der Waals surface area (Å²) in [6, 6.07) is 0. The van der Waals surface area contributed by atoms with Gasteiger partial charge in [0.2, 0.25) is 5.82 Å². The van der Waals surface area contributed by atoms with Crippen LogP contribution < -0.4 is 4.74 Å². The first-order chi connectivity index (χ1) is 10.3. The van der Waals surface area contributed by atoms with Gasteiger partial charge in [0.15, 0.2) is 34.8 Å². The number of benzene rings is 2. The summed E-state index contributed by atoms with van der Waals surface area (Å²) < 4.78 is 91.6. The average Bonchev–Trinajstić information content (AvgIpc) is 2.50. The van der Waals surface area contributed by atoms with Crippen molar-refractivity contribution in [3.63, 3.8) is 0 Å². The van der Waals surface area contributed by atoms with Gasteiger partial charge in [-0.3, -0.25) is 0 Å². The fourth-order valence-corrected chi connectivity index (χ4v) is 2.04. The normalized spacial score (nSPS) is 11.3. The van der Waals surface area contributed by atoms with E-state index in [2.05, 4.69) is 4.74 Å². The Balaban J connectivity index is 2.88. The van der Waals surface area contributed by atoms with Crippen LogP contribution in [-0.2, 0) is 4.74 Å². The zero-order valence-corrected chi connectivity index (χ0v) is 11.5. The number of ether oxygens (including phenoxy) is 2. The number of hydrogen-bond acceptors (Lipinski definition) is 2. The van der Waals surface area contributed by atoms with Gasteiger partial charge >= 0.3 is 0 Å². The maximum atomic E-state index is 13.9. The minimum atomic E-state index is -1.96. The van der Waals surface area contributed by atoms with Crippen molar-refractivity contribution in [1.82, 2.24) is 0 Å². The zero-order valence-electron chi connectivity index (χ0n) is 11.5. The van der Waals surface area contributed by atoms with Gasteiger partial charge in [-0.2, -0.15) is 4.39 Å². The Bertz CT molecular complexity index is 736. The average molecular weight is 324 g/mol. The first kappa shape index (κ1) is 16.4. The molecule has 0 aromatic heterocycles. The van der Waals surface area contributed by atoms with Gasteiger partial charge in [0, 0.05) is 12.5 Å². The molecule has 2 aromatic carbocycles. The highest BCUT2D eigenvalue weighted by Crippen LogP contribution is 2.39. The van der Waals surface area contributed by atoms with Crippen molar-refractivity contribution >= 4 is 10.8 Å². The molecule has 8 heteroatoms. The van der Waals surface area contributed by atoms with E-state index in [0.29, 0.717) is 0 Å². The summed E-state index contributed by atoms with van der Waals surface area (Å²) >= 11 is 0.